The minimum absolute atomic E-state index is 0.0726. The van der Waals surface area contributed by atoms with Gasteiger partial charge in [-0.05, 0) is 51.4 Å². The van der Waals surface area contributed by atoms with Gasteiger partial charge in [-0.15, -0.1) is 0 Å². The van der Waals surface area contributed by atoms with Crippen LogP contribution in [0.15, 0.2) is 24.3 Å². The molecule has 366 valence electrons. The Bertz CT molecular complexity index is 981. The molecular formula is C56H107NO5. The van der Waals surface area contributed by atoms with Gasteiger partial charge in [0.15, 0.2) is 0 Å². The van der Waals surface area contributed by atoms with Gasteiger partial charge in [0.1, 0.15) is 6.10 Å². The first-order valence-corrected chi connectivity index (χ1v) is 27.6. The largest absolute Gasteiger partial charge is 0.462 e. The summed E-state index contributed by atoms with van der Waals surface area (Å²) in [7, 11) is 0. The van der Waals surface area contributed by atoms with Crippen LogP contribution in [-0.4, -0.2) is 46.9 Å². The van der Waals surface area contributed by atoms with Crippen molar-refractivity contribution in [3.63, 3.8) is 0 Å². The lowest BCUT2D eigenvalue weighted by molar-refractivity contribution is -0.151. The Morgan fingerprint density at radius 1 is 0.468 bits per heavy atom. The van der Waals surface area contributed by atoms with Crippen molar-refractivity contribution in [2.75, 3.05) is 6.61 Å². The Balaban J connectivity index is 4.53. The average Bonchev–Trinajstić information content (AvgIpc) is 3.26. The molecule has 62 heavy (non-hydrogen) atoms. The Morgan fingerprint density at radius 3 is 1.19 bits per heavy atom. The zero-order valence-corrected chi connectivity index (χ0v) is 41.8. The molecule has 3 unspecified atom stereocenters. The van der Waals surface area contributed by atoms with E-state index in [-0.39, 0.29) is 24.9 Å². The Morgan fingerprint density at radius 2 is 0.806 bits per heavy atom. The van der Waals surface area contributed by atoms with Gasteiger partial charge in [0.25, 0.3) is 0 Å². The van der Waals surface area contributed by atoms with Crippen molar-refractivity contribution in [2.24, 2.45) is 0 Å². The maximum absolute atomic E-state index is 13.2. The second-order valence-corrected chi connectivity index (χ2v) is 19.0. The van der Waals surface area contributed by atoms with Gasteiger partial charge in [0.2, 0.25) is 5.91 Å². The van der Waals surface area contributed by atoms with E-state index >= 15 is 0 Å². The van der Waals surface area contributed by atoms with Crippen LogP contribution in [0.2, 0.25) is 0 Å². The summed E-state index contributed by atoms with van der Waals surface area (Å²) in [4.78, 5) is 26.2. The number of esters is 1. The number of unbranched alkanes of at least 4 members (excludes halogenated alkanes) is 35. The lowest BCUT2D eigenvalue weighted by Gasteiger charge is -2.24. The fraction of sp³-hybridized carbons (Fsp3) is 0.893. The van der Waals surface area contributed by atoms with Gasteiger partial charge in [-0.25, -0.2) is 0 Å². The molecule has 0 rings (SSSR count). The SMILES string of the molecule is CCCCCCCCC/C=C/C=C/CCCCCC(=O)OC(CCCCCCCCCCCCCC)CC(=O)NC(CO)C(O)CCCCCCCCCCCCCCCCC. The van der Waals surface area contributed by atoms with E-state index in [1.54, 1.807) is 0 Å². The molecule has 0 aromatic heterocycles. The molecule has 0 saturated carbocycles. The predicted molar refractivity (Wildman–Crippen MR) is 269 cm³/mol. The first-order chi connectivity index (χ1) is 30.5. The highest BCUT2D eigenvalue weighted by atomic mass is 16.5. The molecule has 6 nitrogen and oxygen atoms in total. The van der Waals surface area contributed by atoms with E-state index in [1.807, 2.05) is 0 Å². The van der Waals surface area contributed by atoms with Gasteiger partial charge in [-0.2, -0.15) is 0 Å². The second-order valence-electron chi connectivity index (χ2n) is 19.0. The number of hydrogen-bond donors (Lipinski definition) is 3. The molecule has 6 heteroatoms. The van der Waals surface area contributed by atoms with Gasteiger partial charge >= 0.3 is 5.97 Å². The average molecular weight is 874 g/mol. The molecule has 0 radical (unpaired) electrons. The van der Waals surface area contributed by atoms with Crippen molar-refractivity contribution in [3.05, 3.63) is 24.3 Å². The van der Waals surface area contributed by atoms with Crippen molar-refractivity contribution < 1.29 is 24.5 Å². The summed E-state index contributed by atoms with van der Waals surface area (Å²) in [5, 5.41) is 23.8. The fourth-order valence-electron chi connectivity index (χ4n) is 8.60. The summed E-state index contributed by atoms with van der Waals surface area (Å²) in [6, 6.07) is -0.702. The molecule has 0 spiro atoms. The van der Waals surface area contributed by atoms with Crippen LogP contribution in [0, 0.1) is 0 Å². The molecule has 0 saturated heterocycles. The first kappa shape index (κ1) is 60.3. The van der Waals surface area contributed by atoms with Gasteiger partial charge < -0.3 is 20.3 Å². The van der Waals surface area contributed by atoms with E-state index in [4.69, 9.17) is 4.74 Å². The van der Waals surface area contributed by atoms with E-state index in [1.165, 1.54) is 193 Å². The summed E-state index contributed by atoms with van der Waals surface area (Å²) < 4.78 is 5.93. The number of ether oxygens (including phenoxy) is 1. The molecular weight excluding hydrogens is 767 g/mol. The maximum atomic E-state index is 13.2. The topological polar surface area (TPSA) is 95.9 Å². The van der Waals surface area contributed by atoms with Crippen molar-refractivity contribution >= 4 is 11.9 Å². The molecule has 0 fully saturated rings. The Kier molecular flexibility index (Phi) is 49.0. The smallest absolute Gasteiger partial charge is 0.306 e. The Labute approximate surface area is 386 Å². The van der Waals surface area contributed by atoms with Crippen molar-refractivity contribution in [1.82, 2.24) is 5.32 Å². The highest BCUT2D eigenvalue weighted by molar-refractivity contribution is 5.77. The summed E-state index contributed by atoms with van der Waals surface area (Å²) in [6.07, 6.45) is 58.1. The monoisotopic (exact) mass is 874 g/mol. The van der Waals surface area contributed by atoms with Crippen LogP contribution < -0.4 is 5.32 Å². The third-order valence-corrected chi connectivity index (χ3v) is 12.8. The van der Waals surface area contributed by atoms with Crippen LogP contribution in [-0.2, 0) is 14.3 Å². The van der Waals surface area contributed by atoms with Crippen molar-refractivity contribution in [2.45, 2.75) is 315 Å². The lowest BCUT2D eigenvalue weighted by atomic mass is 10.0. The van der Waals surface area contributed by atoms with Gasteiger partial charge in [0.05, 0.1) is 25.2 Å². The molecule has 0 aromatic rings. The number of amides is 1. The number of rotatable bonds is 50. The summed E-state index contributed by atoms with van der Waals surface area (Å²) in [5.74, 6) is -0.489. The van der Waals surface area contributed by atoms with Crippen LogP contribution in [0.25, 0.3) is 0 Å². The van der Waals surface area contributed by atoms with Crippen molar-refractivity contribution in [3.8, 4) is 0 Å². The summed E-state index contributed by atoms with van der Waals surface area (Å²) in [6.45, 7) is 6.50. The van der Waals surface area contributed by atoms with Crippen LogP contribution in [0.3, 0.4) is 0 Å². The summed E-state index contributed by atoms with van der Waals surface area (Å²) >= 11 is 0. The molecule has 0 aliphatic heterocycles. The molecule has 0 bridgehead atoms. The minimum atomic E-state index is -0.788. The van der Waals surface area contributed by atoms with E-state index in [0.29, 0.717) is 19.3 Å². The van der Waals surface area contributed by atoms with Crippen LogP contribution in [0.1, 0.15) is 297 Å². The van der Waals surface area contributed by atoms with Crippen molar-refractivity contribution in [1.29, 1.82) is 0 Å². The number of allylic oxidation sites excluding steroid dienone is 4. The van der Waals surface area contributed by atoms with E-state index in [2.05, 4.69) is 50.4 Å². The van der Waals surface area contributed by atoms with E-state index in [9.17, 15) is 19.8 Å². The number of hydrogen-bond acceptors (Lipinski definition) is 5. The first-order valence-electron chi connectivity index (χ1n) is 27.6. The molecule has 1 amide bonds. The quantitative estimate of drug-likeness (QED) is 0.0321. The Hall–Kier alpha value is -1.66. The van der Waals surface area contributed by atoms with Gasteiger partial charge in [-0.3, -0.25) is 9.59 Å². The zero-order valence-electron chi connectivity index (χ0n) is 41.8. The third kappa shape index (κ3) is 44.9. The highest BCUT2D eigenvalue weighted by Gasteiger charge is 2.24. The maximum Gasteiger partial charge on any atom is 0.306 e. The number of aliphatic hydroxyl groups is 2. The van der Waals surface area contributed by atoms with Crippen LogP contribution >= 0.6 is 0 Å². The van der Waals surface area contributed by atoms with Gasteiger partial charge in [-0.1, -0.05) is 257 Å². The minimum Gasteiger partial charge on any atom is -0.462 e. The molecule has 0 aliphatic rings. The highest BCUT2D eigenvalue weighted by Crippen LogP contribution is 2.18. The summed E-state index contributed by atoms with van der Waals surface area (Å²) in [5.41, 5.74) is 0. The predicted octanol–water partition coefficient (Wildman–Crippen LogP) is 16.7. The normalized spacial score (nSPS) is 13.3. The molecule has 0 aliphatic carbocycles. The fourth-order valence-corrected chi connectivity index (χ4v) is 8.60. The molecule has 3 N–H and O–H groups in total. The zero-order chi connectivity index (χ0) is 45.2. The number of carbonyl (C=O) groups is 2. The van der Waals surface area contributed by atoms with Gasteiger partial charge in [0, 0.05) is 6.42 Å². The van der Waals surface area contributed by atoms with E-state index in [0.717, 1.165) is 57.8 Å². The third-order valence-electron chi connectivity index (χ3n) is 12.8. The standard InChI is InChI=1S/C56H107NO5/c1-4-7-10-13-16-19-22-25-27-29-31-34-37-40-43-46-49-56(61)62-52(47-44-41-38-35-32-24-21-18-15-12-9-6-3)50-55(60)57-53(51-58)54(59)48-45-42-39-36-33-30-28-26-23-20-17-14-11-8-5-2/h27,29,31,34,52-54,58-59H,4-26,28,30,32-33,35-51H2,1-3H3,(H,57,60)/b29-27+,34-31+. The molecule has 0 heterocycles. The van der Waals surface area contributed by atoms with E-state index < -0.39 is 18.2 Å². The lowest BCUT2D eigenvalue weighted by Crippen LogP contribution is -2.46. The number of nitrogens with one attached hydrogen (secondary N) is 1. The van der Waals surface area contributed by atoms with Crippen LogP contribution in [0.5, 0.6) is 0 Å². The number of aliphatic hydroxyl groups excluding tert-OH is 2. The second kappa shape index (κ2) is 50.3. The molecule has 3 atom stereocenters. The van der Waals surface area contributed by atoms with Crippen LogP contribution in [0.4, 0.5) is 0 Å². The number of carbonyl (C=O) groups excluding carboxylic acids is 2. The molecule has 0 aromatic carbocycles.